The van der Waals surface area contributed by atoms with Crippen molar-refractivity contribution in [3.8, 4) is 0 Å². The van der Waals surface area contributed by atoms with E-state index in [1.165, 1.54) is 0 Å². The number of rotatable bonds is 1. The van der Waals surface area contributed by atoms with Gasteiger partial charge < -0.3 is 5.32 Å². The summed E-state index contributed by atoms with van der Waals surface area (Å²) < 4.78 is 0. The van der Waals surface area contributed by atoms with Gasteiger partial charge in [-0.2, -0.15) is 0 Å². The summed E-state index contributed by atoms with van der Waals surface area (Å²) in [6, 6.07) is 0.529. The van der Waals surface area contributed by atoms with Crippen LogP contribution in [0.4, 0.5) is 0 Å². The van der Waals surface area contributed by atoms with E-state index < -0.39 is 0 Å². The van der Waals surface area contributed by atoms with Crippen molar-refractivity contribution in [2.75, 3.05) is 0 Å². The van der Waals surface area contributed by atoms with Gasteiger partial charge in [-0.05, 0) is 19.3 Å². The van der Waals surface area contributed by atoms with Crippen LogP contribution in [0.3, 0.4) is 0 Å². The molecule has 1 saturated heterocycles. The maximum absolute atomic E-state index is 10.0. The van der Waals surface area contributed by atoms with Crippen LogP contribution in [0.25, 0.3) is 0 Å². The Hall–Kier alpha value is -0.750. The van der Waals surface area contributed by atoms with E-state index >= 15 is 0 Å². The van der Waals surface area contributed by atoms with E-state index in [1.807, 2.05) is 5.94 Å². The highest BCUT2D eigenvalue weighted by atomic mass is 16.1. The third-order valence-electron chi connectivity index (χ3n) is 1.74. The van der Waals surface area contributed by atoms with E-state index in [4.69, 9.17) is 0 Å². The van der Waals surface area contributed by atoms with Crippen molar-refractivity contribution in [1.29, 1.82) is 0 Å². The maximum Gasteiger partial charge on any atom is 0.145 e. The number of hydrogen-bond donors (Lipinski definition) is 1. The Morgan fingerprint density at radius 1 is 1.89 bits per heavy atom. The molecule has 0 amide bonds. The van der Waals surface area contributed by atoms with Gasteiger partial charge in [0.05, 0.1) is 5.70 Å². The first kappa shape index (κ1) is 6.37. The number of nitrogens with one attached hydrogen (secondary N) is 1. The Kier molecular flexibility index (Phi) is 1.91. The highest BCUT2D eigenvalue weighted by molar-refractivity contribution is 5.52. The Balaban J connectivity index is 2.47. The molecule has 0 bridgehead atoms. The van der Waals surface area contributed by atoms with Crippen LogP contribution >= 0.6 is 0 Å². The molecule has 50 valence electrons. The van der Waals surface area contributed by atoms with Crippen LogP contribution in [-0.4, -0.2) is 12.0 Å². The smallest absolute Gasteiger partial charge is 0.145 e. The molecule has 1 atom stereocenters. The van der Waals surface area contributed by atoms with Crippen LogP contribution in [0.5, 0.6) is 0 Å². The molecular weight excluding hydrogens is 114 g/mol. The maximum atomic E-state index is 10.0. The minimum Gasteiger partial charge on any atom is -0.377 e. The van der Waals surface area contributed by atoms with Gasteiger partial charge >= 0.3 is 0 Å². The monoisotopic (exact) mass is 125 g/mol. The second-order valence-corrected chi connectivity index (χ2v) is 2.37. The van der Waals surface area contributed by atoms with Gasteiger partial charge in [-0.1, -0.05) is 6.92 Å². The lowest BCUT2D eigenvalue weighted by Crippen LogP contribution is -2.18. The Morgan fingerprint density at radius 2 is 2.67 bits per heavy atom. The van der Waals surface area contributed by atoms with Gasteiger partial charge in [0.25, 0.3) is 0 Å². The number of hydrogen-bond acceptors (Lipinski definition) is 2. The molecule has 2 heteroatoms. The Morgan fingerprint density at radius 3 is 3.00 bits per heavy atom. The average molecular weight is 125 g/mol. The molecule has 2 nitrogen and oxygen atoms in total. The summed E-state index contributed by atoms with van der Waals surface area (Å²) in [5.41, 5.74) is 0.752. The topological polar surface area (TPSA) is 29.1 Å². The van der Waals surface area contributed by atoms with Crippen LogP contribution in [0.2, 0.25) is 0 Å². The molecule has 1 heterocycles. The second kappa shape index (κ2) is 2.70. The molecule has 1 aliphatic rings. The SMILES string of the molecule is CCC1CCC(=C=O)N1. The Bertz CT molecular complexity index is 147. The first-order valence-electron chi connectivity index (χ1n) is 3.37. The normalized spacial score (nSPS) is 25.4. The lowest BCUT2D eigenvalue weighted by atomic mass is 10.2. The molecule has 0 aromatic heterocycles. The summed E-state index contributed by atoms with van der Waals surface area (Å²) in [6.45, 7) is 2.12. The summed E-state index contributed by atoms with van der Waals surface area (Å²) in [4.78, 5) is 10.0. The molecule has 0 radical (unpaired) electrons. The fourth-order valence-electron chi connectivity index (χ4n) is 1.10. The molecule has 0 aliphatic carbocycles. The van der Waals surface area contributed by atoms with Crippen LogP contribution in [0.15, 0.2) is 5.70 Å². The minimum atomic E-state index is 0.529. The first-order valence-corrected chi connectivity index (χ1v) is 3.37. The predicted octanol–water partition coefficient (Wildman–Crippen LogP) is 0.864. The molecule has 1 N–H and O–H groups in total. The first-order chi connectivity index (χ1) is 4.36. The highest BCUT2D eigenvalue weighted by Gasteiger charge is 2.15. The van der Waals surface area contributed by atoms with Gasteiger partial charge in [0.1, 0.15) is 5.94 Å². The zero-order valence-corrected chi connectivity index (χ0v) is 5.61. The largest absolute Gasteiger partial charge is 0.377 e. The molecule has 0 aromatic carbocycles. The van der Waals surface area contributed by atoms with Crippen molar-refractivity contribution in [1.82, 2.24) is 5.32 Å². The minimum absolute atomic E-state index is 0.529. The van der Waals surface area contributed by atoms with Crippen molar-refractivity contribution in [3.63, 3.8) is 0 Å². The fourth-order valence-corrected chi connectivity index (χ4v) is 1.10. The average Bonchev–Trinajstić information content (AvgIpc) is 2.34. The quantitative estimate of drug-likeness (QED) is 0.527. The fraction of sp³-hybridized carbons (Fsp3) is 0.714. The van der Waals surface area contributed by atoms with E-state index in [-0.39, 0.29) is 0 Å². The van der Waals surface area contributed by atoms with Crippen molar-refractivity contribution in [2.45, 2.75) is 32.2 Å². The molecule has 0 saturated carbocycles. The Labute approximate surface area is 54.9 Å². The van der Waals surface area contributed by atoms with Gasteiger partial charge in [-0.25, -0.2) is 4.79 Å². The summed E-state index contributed by atoms with van der Waals surface area (Å²) in [5.74, 6) is 1.88. The van der Waals surface area contributed by atoms with Gasteiger partial charge in [-0.15, -0.1) is 0 Å². The summed E-state index contributed by atoms with van der Waals surface area (Å²) in [6.07, 6.45) is 3.09. The van der Waals surface area contributed by atoms with Gasteiger partial charge in [0.2, 0.25) is 0 Å². The molecule has 1 unspecified atom stereocenters. The third kappa shape index (κ3) is 1.33. The van der Waals surface area contributed by atoms with Crippen LogP contribution in [0, 0.1) is 0 Å². The third-order valence-corrected chi connectivity index (χ3v) is 1.74. The van der Waals surface area contributed by atoms with Gasteiger partial charge in [0, 0.05) is 6.04 Å². The van der Waals surface area contributed by atoms with Crippen LogP contribution in [-0.2, 0) is 4.79 Å². The number of allylic oxidation sites excluding steroid dienone is 1. The van der Waals surface area contributed by atoms with Crippen molar-refractivity contribution < 1.29 is 4.79 Å². The zero-order chi connectivity index (χ0) is 6.69. The summed E-state index contributed by atoms with van der Waals surface area (Å²) in [7, 11) is 0. The van der Waals surface area contributed by atoms with Crippen LogP contribution < -0.4 is 5.32 Å². The van der Waals surface area contributed by atoms with Crippen molar-refractivity contribution in [3.05, 3.63) is 5.70 Å². The molecule has 0 aromatic rings. The van der Waals surface area contributed by atoms with Crippen molar-refractivity contribution >= 4 is 5.94 Å². The van der Waals surface area contributed by atoms with E-state index in [0.717, 1.165) is 25.0 Å². The standard InChI is InChI=1S/C7H11NO/c1-2-6-3-4-7(5-9)8-6/h6,8H,2-4H2,1H3. The predicted molar refractivity (Wildman–Crippen MR) is 35.7 cm³/mol. The van der Waals surface area contributed by atoms with E-state index in [2.05, 4.69) is 12.2 Å². The molecule has 1 fully saturated rings. The lowest BCUT2D eigenvalue weighted by Gasteiger charge is -2.03. The zero-order valence-electron chi connectivity index (χ0n) is 5.61. The summed E-state index contributed by atoms with van der Waals surface area (Å²) >= 11 is 0. The molecular formula is C7H11NO. The van der Waals surface area contributed by atoms with E-state index in [9.17, 15) is 4.79 Å². The second-order valence-electron chi connectivity index (χ2n) is 2.37. The highest BCUT2D eigenvalue weighted by Crippen LogP contribution is 2.14. The van der Waals surface area contributed by atoms with Gasteiger partial charge in [0.15, 0.2) is 0 Å². The van der Waals surface area contributed by atoms with Gasteiger partial charge in [-0.3, -0.25) is 0 Å². The molecule has 0 spiro atoms. The molecule has 1 rings (SSSR count). The van der Waals surface area contributed by atoms with E-state index in [0.29, 0.717) is 6.04 Å². The lowest BCUT2D eigenvalue weighted by molar-refractivity contribution is 0.562. The number of carbonyl (C=O) groups excluding carboxylic acids is 1. The van der Waals surface area contributed by atoms with Crippen LogP contribution in [0.1, 0.15) is 26.2 Å². The molecule has 9 heavy (non-hydrogen) atoms. The summed E-state index contributed by atoms with van der Waals surface area (Å²) in [5, 5.41) is 3.08. The van der Waals surface area contributed by atoms with Crippen molar-refractivity contribution in [2.24, 2.45) is 0 Å². The molecule has 1 aliphatic heterocycles. The van der Waals surface area contributed by atoms with E-state index in [1.54, 1.807) is 0 Å².